The predicted octanol–water partition coefficient (Wildman–Crippen LogP) is 0.771. The molecule has 0 heterocycles. The first-order valence-corrected chi connectivity index (χ1v) is 6.23. The molecule has 0 radical (unpaired) electrons. The fourth-order valence-corrected chi connectivity index (χ4v) is 1.67. The minimum absolute atomic E-state index is 0.136. The zero-order chi connectivity index (χ0) is 14.3. The first-order valence-electron chi connectivity index (χ1n) is 6.23. The predicted molar refractivity (Wildman–Crippen MR) is 70.9 cm³/mol. The molecule has 0 aromatic heterocycles. The summed E-state index contributed by atoms with van der Waals surface area (Å²) in [6, 6.07) is 7.32. The second-order valence-electron chi connectivity index (χ2n) is 4.11. The molecule has 5 heteroatoms. The Morgan fingerprint density at radius 3 is 2.47 bits per heavy atom. The van der Waals surface area contributed by atoms with E-state index < -0.39 is 24.7 Å². The number of carbonyl (C=O) groups is 2. The lowest BCUT2D eigenvalue weighted by molar-refractivity contribution is -0.146. The lowest BCUT2D eigenvalue weighted by atomic mass is 10.0. The molecule has 2 atom stereocenters. The van der Waals surface area contributed by atoms with E-state index in [9.17, 15) is 9.59 Å². The Morgan fingerprint density at radius 2 is 1.95 bits per heavy atom. The van der Waals surface area contributed by atoms with Crippen LogP contribution in [0.15, 0.2) is 30.3 Å². The number of carbonyl (C=O) groups excluding carboxylic acids is 2. The molecular weight excluding hydrogens is 246 g/mol. The van der Waals surface area contributed by atoms with E-state index in [-0.39, 0.29) is 12.4 Å². The van der Waals surface area contributed by atoms with Gasteiger partial charge in [-0.25, -0.2) is 0 Å². The average molecular weight is 265 g/mol. The topological polar surface area (TPSA) is 75.6 Å². The molecular formula is C14H19NO4. The number of nitrogens with one attached hydrogen (secondary N) is 1. The highest BCUT2D eigenvalue weighted by atomic mass is 16.5. The van der Waals surface area contributed by atoms with E-state index >= 15 is 0 Å². The molecule has 5 nitrogen and oxygen atoms in total. The fraction of sp³-hybridized carbons (Fsp3) is 0.429. The number of ketones is 1. The normalized spacial score (nSPS) is 13.6. The van der Waals surface area contributed by atoms with E-state index in [1.807, 2.05) is 6.07 Å². The maximum atomic E-state index is 12.1. The molecule has 1 aromatic carbocycles. The Morgan fingerprint density at radius 1 is 1.32 bits per heavy atom. The number of Topliss-reactive ketones (excluding diaryl/α,β-unsaturated/α-hetero) is 1. The van der Waals surface area contributed by atoms with Crippen LogP contribution in [0.25, 0.3) is 0 Å². The molecule has 0 bridgehead atoms. The molecule has 1 rings (SSSR count). The van der Waals surface area contributed by atoms with Crippen molar-refractivity contribution in [2.45, 2.75) is 25.9 Å². The molecule has 0 amide bonds. The monoisotopic (exact) mass is 265 g/mol. The minimum atomic E-state index is -0.886. The lowest BCUT2D eigenvalue weighted by Gasteiger charge is -2.19. The van der Waals surface area contributed by atoms with Crippen molar-refractivity contribution in [3.63, 3.8) is 0 Å². The number of aliphatic hydroxyl groups is 1. The van der Waals surface area contributed by atoms with Gasteiger partial charge in [0, 0.05) is 5.56 Å². The fourth-order valence-electron chi connectivity index (χ4n) is 1.67. The Bertz CT molecular complexity index is 419. The van der Waals surface area contributed by atoms with Crippen molar-refractivity contribution < 1.29 is 19.4 Å². The molecule has 0 spiro atoms. The largest absolute Gasteiger partial charge is 0.465 e. The number of esters is 1. The van der Waals surface area contributed by atoms with Gasteiger partial charge in [0.1, 0.15) is 6.04 Å². The summed E-state index contributed by atoms with van der Waals surface area (Å²) in [6.07, 6.45) is 0. The summed E-state index contributed by atoms with van der Waals surface area (Å²) in [6.45, 7) is 3.16. The van der Waals surface area contributed by atoms with E-state index in [1.165, 1.54) is 0 Å². The van der Waals surface area contributed by atoms with Gasteiger partial charge < -0.3 is 9.84 Å². The van der Waals surface area contributed by atoms with Crippen molar-refractivity contribution >= 4 is 11.8 Å². The number of aliphatic hydroxyl groups excluding tert-OH is 1. The van der Waals surface area contributed by atoms with Gasteiger partial charge in [0.05, 0.1) is 19.3 Å². The zero-order valence-electron chi connectivity index (χ0n) is 11.1. The van der Waals surface area contributed by atoms with Gasteiger partial charge in [-0.05, 0) is 13.8 Å². The van der Waals surface area contributed by atoms with Crippen LogP contribution >= 0.6 is 0 Å². The Balaban J connectivity index is 2.65. The third kappa shape index (κ3) is 4.46. The third-order valence-corrected chi connectivity index (χ3v) is 2.66. The number of ether oxygens (including phenoxy) is 1. The summed E-state index contributed by atoms with van der Waals surface area (Å²) >= 11 is 0. The molecule has 0 saturated carbocycles. The third-order valence-electron chi connectivity index (χ3n) is 2.66. The van der Waals surface area contributed by atoms with Crippen LogP contribution < -0.4 is 5.32 Å². The summed E-state index contributed by atoms with van der Waals surface area (Å²) in [7, 11) is 0. The van der Waals surface area contributed by atoms with Gasteiger partial charge >= 0.3 is 5.97 Å². The molecule has 2 unspecified atom stereocenters. The Kier molecular flexibility index (Phi) is 6.18. The standard InChI is InChI=1S/C14H19NO4/c1-3-19-14(18)12(9-16)15-10(2)13(17)11-7-5-4-6-8-11/h4-8,10,12,15-16H,3,9H2,1-2H3. The number of rotatable bonds is 7. The smallest absolute Gasteiger partial charge is 0.325 e. The van der Waals surface area contributed by atoms with E-state index in [0.717, 1.165) is 0 Å². The van der Waals surface area contributed by atoms with E-state index in [4.69, 9.17) is 9.84 Å². The number of hydrogen-bond acceptors (Lipinski definition) is 5. The quantitative estimate of drug-likeness (QED) is 0.562. The van der Waals surface area contributed by atoms with Gasteiger partial charge in [-0.15, -0.1) is 0 Å². The number of hydrogen-bond donors (Lipinski definition) is 2. The summed E-state index contributed by atoms with van der Waals surface area (Å²) in [5, 5.41) is 11.9. The van der Waals surface area contributed by atoms with Gasteiger partial charge in [-0.1, -0.05) is 30.3 Å². The van der Waals surface area contributed by atoms with Gasteiger partial charge in [0.25, 0.3) is 0 Å². The first kappa shape index (κ1) is 15.3. The van der Waals surface area contributed by atoms with E-state index in [2.05, 4.69) is 5.32 Å². The Labute approximate surface area is 112 Å². The number of benzene rings is 1. The minimum Gasteiger partial charge on any atom is -0.465 e. The van der Waals surface area contributed by atoms with Gasteiger partial charge in [-0.3, -0.25) is 14.9 Å². The van der Waals surface area contributed by atoms with Gasteiger partial charge in [-0.2, -0.15) is 0 Å². The molecule has 0 saturated heterocycles. The molecule has 0 fully saturated rings. The second-order valence-corrected chi connectivity index (χ2v) is 4.11. The van der Waals surface area contributed by atoms with Crippen molar-refractivity contribution in [1.29, 1.82) is 0 Å². The second kappa shape index (κ2) is 7.66. The van der Waals surface area contributed by atoms with Crippen LogP contribution in [0.3, 0.4) is 0 Å². The van der Waals surface area contributed by atoms with Crippen LogP contribution in [0.5, 0.6) is 0 Å². The summed E-state index contributed by atoms with van der Waals surface area (Å²) in [5.41, 5.74) is 0.558. The van der Waals surface area contributed by atoms with Crippen LogP contribution in [-0.4, -0.2) is 42.2 Å². The molecule has 0 aliphatic carbocycles. The van der Waals surface area contributed by atoms with Crippen LogP contribution in [0.2, 0.25) is 0 Å². The zero-order valence-corrected chi connectivity index (χ0v) is 11.1. The highest BCUT2D eigenvalue weighted by Crippen LogP contribution is 2.04. The summed E-state index contributed by atoms with van der Waals surface area (Å²) in [5.74, 6) is -0.693. The van der Waals surface area contributed by atoms with Crippen molar-refractivity contribution in [2.24, 2.45) is 0 Å². The van der Waals surface area contributed by atoms with Gasteiger partial charge in [0.15, 0.2) is 5.78 Å². The van der Waals surface area contributed by atoms with Gasteiger partial charge in [0.2, 0.25) is 0 Å². The van der Waals surface area contributed by atoms with Crippen LogP contribution in [0.1, 0.15) is 24.2 Å². The van der Waals surface area contributed by atoms with E-state index in [1.54, 1.807) is 38.1 Å². The van der Waals surface area contributed by atoms with Crippen molar-refractivity contribution in [3.8, 4) is 0 Å². The molecule has 19 heavy (non-hydrogen) atoms. The van der Waals surface area contributed by atoms with Crippen molar-refractivity contribution in [3.05, 3.63) is 35.9 Å². The highest BCUT2D eigenvalue weighted by Gasteiger charge is 2.24. The summed E-state index contributed by atoms with van der Waals surface area (Å²) in [4.78, 5) is 23.6. The lowest BCUT2D eigenvalue weighted by Crippen LogP contribution is -2.48. The van der Waals surface area contributed by atoms with Crippen LogP contribution in [0, 0.1) is 0 Å². The Hall–Kier alpha value is -1.72. The van der Waals surface area contributed by atoms with Crippen LogP contribution in [-0.2, 0) is 9.53 Å². The average Bonchev–Trinajstić information content (AvgIpc) is 2.44. The highest BCUT2D eigenvalue weighted by molar-refractivity contribution is 6.00. The molecule has 104 valence electrons. The molecule has 2 N–H and O–H groups in total. The molecule has 0 aliphatic heterocycles. The first-order chi connectivity index (χ1) is 9.10. The maximum absolute atomic E-state index is 12.1. The van der Waals surface area contributed by atoms with Crippen molar-refractivity contribution in [2.75, 3.05) is 13.2 Å². The van der Waals surface area contributed by atoms with E-state index in [0.29, 0.717) is 5.56 Å². The summed E-state index contributed by atoms with van der Waals surface area (Å²) < 4.78 is 4.81. The van der Waals surface area contributed by atoms with Crippen molar-refractivity contribution in [1.82, 2.24) is 5.32 Å². The maximum Gasteiger partial charge on any atom is 0.325 e. The van der Waals surface area contributed by atoms with Crippen LogP contribution in [0.4, 0.5) is 0 Å². The SMILES string of the molecule is CCOC(=O)C(CO)NC(C)C(=O)c1ccccc1. The molecule has 1 aromatic rings. The molecule has 0 aliphatic rings.